The van der Waals surface area contributed by atoms with Gasteiger partial charge in [-0.15, -0.1) is 0 Å². The zero-order valence-electron chi connectivity index (χ0n) is 8.99. The largest absolute Gasteiger partial charge is 0.391 e. The monoisotopic (exact) mass is 197 g/mol. The van der Waals surface area contributed by atoms with Crippen LogP contribution in [0.25, 0.3) is 0 Å². The van der Waals surface area contributed by atoms with Crippen molar-refractivity contribution < 1.29 is 5.11 Å². The third-order valence-corrected chi connectivity index (χ3v) is 2.14. The summed E-state index contributed by atoms with van der Waals surface area (Å²) in [5.41, 5.74) is 6.81. The molecule has 0 spiro atoms. The van der Waals surface area contributed by atoms with Crippen LogP contribution in [0.15, 0.2) is 12.4 Å². The smallest absolute Gasteiger partial charge is 0.0738 e. The molecule has 4 heteroatoms. The van der Waals surface area contributed by atoms with Crippen molar-refractivity contribution in [3.8, 4) is 0 Å². The Labute approximate surface area is 84.5 Å². The maximum absolute atomic E-state index is 9.86. The van der Waals surface area contributed by atoms with E-state index in [1.807, 2.05) is 0 Å². The second-order valence-corrected chi connectivity index (χ2v) is 4.89. The van der Waals surface area contributed by atoms with Crippen LogP contribution in [0.4, 0.5) is 0 Å². The molecule has 4 N–H and O–H groups in total. The molecule has 2 unspecified atom stereocenters. The standard InChI is InChI=1S/C10H19N3O/c1-10(2,3)4-8(14)9(11)7-5-12-13-6-7/h5-6,8-9,14H,4,11H2,1-3H3,(H,12,13). The number of rotatable bonds is 3. The Morgan fingerprint density at radius 3 is 2.64 bits per heavy atom. The third kappa shape index (κ3) is 3.12. The molecule has 1 heterocycles. The lowest BCUT2D eigenvalue weighted by atomic mass is 9.86. The number of aliphatic hydroxyl groups is 1. The highest BCUT2D eigenvalue weighted by Crippen LogP contribution is 2.26. The summed E-state index contributed by atoms with van der Waals surface area (Å²) in [5.74, 6) is 0. The SMILES string of the molecule is CC(C)(C)CC(O)C(N)c1cn[nH]c1. The summed E-state index contributed by atoms with van der Waals surface area (Å²) < 4.78 is 0. The van der Waals surface area contributed by atoms with Gasteiger partial charge in [-0.1, -0.05) is 20.8 Å². The highest BCUT2D eigenvalue weighted by molar-refractivity contribution is 5.10. The summed E-state index contributed by atoms with van der Waals surface area (Å²) in [5, 5.41) is 16.4. The molecule has 0 aromatic carbocycles. The fourth-order valence-electron chi connectivity index (χ4n) is 1.42. The van der Waals surface area contributed by atoms with Crippen LogP contribution in [0.5, 0.6) is 0 Å². The molecule has 0 saturated heterocycles. The Morgan fingerprint density at radius 1 is 1.57 bits per heavy atom. The molecule has 0 saturated carbocycles. The van der Waals surface area contributed by atoms with Gasteiger partial charge in [0.2, 0.25) is 0 Å². The van der Waals surface area contributed by atoms with E-state index in [2.05, 4.69) is 31.0 Å². The summed E-state index contributed by atoms with van der Waals surface area (Å²) in [7, 11) is 0. The predicted octanol–water partition coefficient (Wildman–Crippen LogP) is 1.21. The van der Waals surface area contributed by atoms with Gasteiger partial charge in [-0.25, -0.2) is 0 Å². The highest BCUT2D eigenvalue weighted by atomic mass is 16.3. The molecule has 0 aliphatic heterocycles. The number of aromatic amines is 1. The van der Waals surface area contributed by atoms with Gasteiger partial charge in [0, 0.05) is 11.8 Å². The lowest BCUT2D eigenvalue weighted by Crippen LogP contribution is -2.29. The molecule has 1 aromatic heterocycles. The third-order valence-electron chi connectivity index (χ3n) is 2.14. The molecule has 0 aliphatic carbocycles. The van der Waals surface area contributed by atoms with Gasteiger partial charge in [-0.2, -0.15) is 5.10 Å². The number of nitrogens with one attached hydrogen (secondary N) is 1. The molecule has 0 fully saturated rings. The van der Waals surface area contributed by atoms with E-state index in [-0.39, 0.29) is 11.5 Å². The number of aliphatic hydroxyl groups excluding tert-OH is 1. The molecule has 1 rings (SSSR count). The molecular formula is C10H19N3O. The Bertz CT molecular complexity index is 263. The van der Waals surface area contributed by atoms with Crippen LogP contribution in [0.3, 0.4) is 0 Å². The van der Waals surface area contributed by atoms with Crippen LogP contribution in [0.1, 0.15) is 38.8 Å². The van der Waals surface area contributed by atoms with Crippen molar-refractivity contribution in [2.24, 2.45) is 11.1 Å². The van der Waals surface area contributed by atoms with Gasteiger partial charge in [0.15, 0.2) is 0 Å². The van der Waals surface area contributed by atoms with Crippen LogP contribution >= 0.6 is 0 Å². The predicted molar refractivity (Wildman–Crippen MR) is 55.6 cm³/mol. The highest BCUT2D eigenvalue weighted by Gasteiger charge is 2.23. The summed E-state index contributed by atoms with van der Waals surface area (Å²) in [4.78, 5) is 0. The lowest BCUT2D eigenvalue weighted by molar-refractivity contribution is 0.0966. The van der Waals surface area contributed by atoms with E-state index in [4.69, 9.17) is 5.73 Å². The topological polar surface area (TPSA) is 74.9 Å². The molecule has 0 amide bonds. The van der Waals surface area contributed by atoms with E-state index < -0.39 is 6.10 Å². The van der Waals surface area contributed by atoms with Gasteiger partial charge in [-0.3, -0.25) is 5.10 Å². The van der Waals surface area contributed by atoms with Crippen molar-refractivity contribution in [1.29, 1.82) is 0 Å². The van der Waals surface area contributed by atoms with Crippen LogP contribution in [-0.2, 0) is 0 Å². The number of H-pyrrole nitrogens is 1. The summed E-state index contributed by atoms with van der Waals surface area (Å²) in [6.45, 7) is 6.24. The number of nitrogens with two attached hydrogens (primary N) is 1. The Hall–Kier alpha value is -0.870. The van der Waals surface area contributed by atoms with E-state index in [9.17, 15) is 5.11 Å². The number of hydrogen-bond acceptors (Lipinski definition) is 3. The van der Waals surface area contributed by atoms with Crippen LogP contribution in [0, 0.1) is 5.41 Å². The lowest BCUT2D eigenvalue weighted by Gasteiger charge is -2.25. The Kier molecular flexibility index (Phi) is 3.29. The minimum Gasteiger partial charge on any atom is -0.391 e. The first kappa shape index (κ1) is 11.2. The average Bonchev–Trinajstić information content (AvgIpc) is 2.51. The van der Waals surface area contributed by atoms with Gasteiger partial charge in [0.05, 0.1) is 18.3 Å². The van der Waals surface area contributed by atoms with E-state index in [0.29, 0.717) is 6.42 Å². The number of nitrogens with zero attached hydrogens (tertiary/aromatic N) is 1. The molecule has 4 nitrogen and oxygen atoms in total. The average molecular weight is 197 g/mol. The van der Waals surface area contributed by atoms with Crippen LogP contribution < -0.4 is 5.73 Å². The van der Waals surface area contributed by atoms with E-state index in [1.54, 1.807) is 12.4 Å². The van der Waals surface area contributed by atoms with E-state index in [1.165, 1.54) is 0 Å². The number of hydrogen-bond donors (Lipinski definition) is 3. The first-order chi connectivity index (χ1) is 6.40. The zero-order valence-corrected chi connectivity index (χ0v) is 8.99. The van der Waals surface area contributed by atoms with Gasteiger partial charge >= 0.3 is 0 Å². The summed E-state index contributed by atoms with van der Waals surface area (Å²) in [6.07, 6.45) is 3.53. The van der Waals surface area contributed by atoms with Crippen molar-refractivity contribution >= 4 is 0 Å². The van der Waals surface area contributed by atoms with Crippen molar-refractivity contribution in [3.05, 3.63) is 18.0 Å². The fraction of sp³-hybridized carbons (Fsp3) is 0.700. The Morgan fingerprint density at radius 2 is 2.21 bits per heavy atom. The number of aromatic nitrogens is 2. The molecule has 0 radical (unpaired) electrons. The van der Waals surface area contributed by atoms with Crippen molar-refractivity contribution in [2.75, 3.05) is 0 Å². The molecule has 80 valence electrons. The van der Waals surface area contributed by atoms with Crippen LogP contribution in [-0.4, -0.2) is 21.4 Å². The minimum atomic E-state index is -0.521. The zero-order chi connectivity index (χ0) is 10.8. The minimum absolute atomic E-state index is 0.0841. The first-order valence-electron chi connectivity index (χ1n) is 4.82. The molecule has 1 aromatic rings. The van der Waals surface area contributed by atoms with Gasteiger partial charge in [-0.05, 0) is 11.8 Å². The summed E-state index contributed by atoms with van der Waals surface area (Å²) in [6, 6.07) is -0.354. The first-order valence-corrected chi connectivity index (χ1v) is 4.82. The van der Waals surface area contributed by atoms with Crippen molar-refractivity contribution in [3.63, 3.8) is 0 Å². The van der Waals surface area contributed by atoms with E-state index >= 15 is 0 Å². The maximum atomic E-state index is 9.86. The molecule has 14 heavy (non-hydrogen) atoms. The van der Waals surface area contributed by atoms with Gasteiger partial charge in [0.25, 0.3) is 0 Å². The van der Waals surface area contributed by atoms with E-state index in [0.717, 1.165) is 5.56 Å². The van der Waals surface area contributed by atoms with Crippen molar-refractivity contribution in [1.82, 2.24) is 10.2 Å². The normalized spacial score (nSPS) is 16.6. The molecule has 0 aliphatic rings. The molecular weight excluding hydrogens is 178 g/mol. The van der Waals surface area contributed by atoms with Crippen molar-refractivity contribution in [2.45, 2.75) is 39.3 Å². The quantitative estimate of drug-likeness (QED) is 0.681. The fourth-order valence-corrected chi connectivity index (χ4v) is 1.42. The van der Waals surface area contributed by atoms with Gasteiger partial charge in [0.1, 0.15) is 0 Å². The van der Waals surface area contributed by atoms with Gasteiger partial charge < -0.3 is 10.8 Å². The van der Waals surface area contributed by atoms with Crippen LogP contribution in [0.2, 0.25) is 0 Å². The Balaban J connectivity index is 2.57. The maximum Gasteiger partial charge on any atom is 0.0738 e. The molecule has 2 atom stereocenters. The molecule has 0 bridgehead atoms. The summed E-state index contributed by atoms with van der Waals surface area (Å²) >= 11 is 0. The second kappa shape index (κ2) is 4.11. The second-order valence-electron chi connectivity index (χ2n) is 4.89.